The Morgan fingerprint density at radius 2 is 1.30 bits per heavy atom. The number of aromatic nitrogens is 2. The van der Waals surface area contributed by atoms with E-state index in [2.05, 4.69) is 9.97 Å². The molecule has 5 rings (SSSR count). The molecule has 4 nitrogen and oxygen atoms in total. The van der Waals surface area contributed by atoms with Crippen molar-refractivity contribution in [1.82, 2.24) is 9.97 Å². The molecule has 2 N–H and O–H groups in total. The molecule has 30 heavy (non-hydrogen) atoms. The summed E-state index contributed by atoms with van der Waals surface area (Å²) in [5, 5.41) is 2.08. The minimum atomic E-state index is -0.257. The third-order valence-electron chi connectivity index (χ3n) is 5.65. The highest BCUT2D eigenvalue weighted by atomic mass is 19.1. The minimum absolute atomic E-state index is 0.178. The number of hydrogen-bond acceptors (Lipinski definition) is 2. The van der Waals surface area contributed by atoms with Crippen LogP contribution >= 0.6 is 0 Å². The first-order chi connectivity index (χ1) is 14.7. The van der Waals surface area contributed by atoms with Crippen molar-refractivity contribution in [3.05, 3.63) is 95.6 Å². The van der Waals surface area contributed by atoms with Crippen LogP contribution in [-0.2, 0) is 0 Å². The lowest BCUT2D eigenvalue weighted by Crippen LogP contribution is -2.03. The predicted octanol–water partition coefficient (Wildman–Crippen LogP) is 5.99. The molecular weight excluding hydrogens is 379 g/mol. The monoisotopic (exact) mass is 400 g/mol. The molecule has 0 aliphatic carbocycles. The van der Waals surface area contributed by atoms with Crippen molar-refractivity contribution in [2.75, 3.05) is 14.2 Å². The van der Waals surface area contributed by atoms with Crippen LogP contribution in [0.5, 0.6) is 11.5 Å². The molecular formula is C25H21FN2O2. The fraction of sp³-hybridized carbons (Fsp3) is 0.120. The molecule has 0 unspecified atom stereocenters. The second-order valence-corrected chi connectivity index (χ2v) is 7.30. The van der Waals surface area contributed by atoms with Gasteiger partial charge in [0.05, 0.1) is 14.2 Å². The Morgan fingerprint density at radius 1 is 0.733 bits per heavy atom. The standard InChI is InChI=1S/C25H21FN2O2/c1-29-17-6-8-23-19(11-17)21(13-27-23)25(15-4-3-5-16(26)10-15)22-14-28-24-9-7-18(30-2)12-20(22)24/h3-14,25,27-28H,1-2H3. The highest BCUT2D eigenvalue weighted by molar-refractivity contribution is 5.90. The first-order valence-corrected chi connectivity index (χ1v) is 9.73. The van der Waals surface area contributed by atoms with E-state index >= 15 is 0 Å². The van der Waals surface area contributed by atoms with Gasteiger partial charge in [0.25, 0.3) is 0 Å². The van der Waals surface area contributed by atoms with Crippen LogP contribution in [0.25, 0.3) is 21.8 Å². The molecule has 150 valence electrons. The summed E-state index contributed by atoms with van der Waals surface area (Å²) in [5.41, 5.74) is 4.99. The van der Waals surface area contributed by atoms with E-state index in [0.717, 1.165) is 50.0 Å². The average Bonchev–Trinajstić information content (AvgIpc) is 3.38. The van der Waals surface area contributed by atoms with E-state index in [-0.39, 0.29) is 11.7 Å². The van der Waals surface area contributed by atoms with Gasteiger partial charge in [-0.2, -0.15) is 0 Å². The van der Waals surface area contributed by atoms with Gasteiger partial charge < -0.3 is 19.4 Å². The van der Waals surface area contributed by atoms with Crippen molar-refractivity contribution in [1.29, 1.82) is 0 Å². The number of benzene rings is 3. The Labute approximate surface area is 173 Å². The van der Waals surface area contributed by atoms with Crippen LogP contribution in [0.3, 0.4) is 0 Å². The molecule has 0 atom stereocenters. The summed E-state index contributed by atoms with van der Waals surface area (Å²) in [4.78, 5) is 6.71. The van der Waals surface area contributed by atoms with E-state index in [0.29, 0.717) is 0 Å². The van der Waals surface area contributed by atoms with Crippen LogP contribution in [0.1, 0.15) is 22.6 Å². The van der Waals surface area contributed by atoms with Crippen LogP contribution in [0, 0.1) is 5.82 Å². The van der Waals surface area contributed by atoms with Crippen LogP contribution < -0.4 is 9.47 Å². The number of rotatable bonds is 5. The summed E-state index contributed by atoms with van der Waals surface area (Å²) in [6, 6.07) is 18.7. The third kappa shape index (κ3) is 2.99. The maximum Gasteiger partial charge on any atom is 0.123 e. The maximum atomic E-state index is 14.2. The summed E-state index contributed by atoms with van der Waals surface area (Å²) in [5.74, 6) is 1.12. The van der Waals surface area contributed by atoms with Crippen LogP contribution in [0.4, 0.5) is 4.39 Å². The van der Waals surface area contributed by atoms with E-state index in [4.69, 9.17) is 9.47 Å². The summed E-state index contributed by atoms with van der Waals surface area (Å²) in [6.45, 7) is 0. The van der Waals surface area contributed by atoms with E-state index in [1.807, 2.05) is 54.9 Å². The van der Waals surface area contributed by atoms with Gasteiger partial charge in [0.2, 0.25) is 0 Å². The first-order valence-electron chi connectivity index (χ1n) is 9.73. The van der Waals surface area contributed by atoms with Gasteiger partial charge in [-0.1, -0.05) is 12.1 Å². The Kier molecular flexibility index (Phi) is 4.43. The molecule has 0 saturated heterocycles. The molecule has 0 spiro atoms. The zero-order valence-electron chi connectivity index (χ0n) is 16.7. The second-order valence-electron chi connectivity index (χ2n) is 7.30. The second kappa shape index (κ2) is 7.26. The quantitative estimate of drug-likeness (QED) is 0.381. The van der Waals surface area contributed by atoms with E-state index < -0.39 is 0 Å². The molecule has 0 bridgehead atoms. The Balaban J connectivity index is 1.79. The normalized spacial score (nSPS) is 11.5. The number of hydrogen-bond donors (Lipinski definition) is 2. The Morgan fingerprint density at radius 3 is 1.80 bits per heavy atom. The van der Waals surface area contributed by atoms with Gasteiger partial charge >= 0.3 is 0 Å². The minimum Gasteiger partial charge on any atom is -0.497 e. The fourth-order valence-corrected chi connectivity index (χ4v) is 4.19. The average molecular weight is 400 g/mol. The van der Waals surface area contributed by atoms with Crippen molar-refractivity contribution >= 4 is 21.8 Å². The summed E-state index contributed by atoms with van der Waals surface area (Å²) in [6.07, 6.45) is 4.00. The molecule has 0 fully saturated rings. The molecule has 0 radical (unpaired) electrons. The summed E-state index contributed by atoms with van der Waals surface area (Å²) in [7, 11) is 3.31. The smallest absolute Gasteiger partial charge is 0.123 e. The zero-order valence-corrected chi connectivity index (χ0v) is 16.7. The number of ether oxygens (including phenoxy) is 2. The fourth-order valence-electron chi connectivity index (χ4n) is 4.19. The Hall–Kier alpha value is -3.73. The molecule has 2 aromatic heterocycles. The lowest BCUT2D eigenvalue weighted by molar-refractivity contribution is 0.415. The van der Waals surface area contributed by atoms with Crippen LogP contribution in [0.2, 0.25) is 0 Å². The van der Waals surface area contributed by atoms with Crippen LogP contribution in [0.15, 0.2) is 73.1 Å². The molecule has 0 aliphatic rings. The van der Waals surface area contributed by atoms with E-state index in [9.17, 15) is 4.39 Å². The Bertz CT molecular complexity index is 1270. The number of fused-ring (bicyclic) bond motifs is 2. The predicted molar refractivity (Wildman–Crippen MR) is 117 cm³/mol. The topological polar surface area (TPSA) is 50.0 Å². The maximum absolute atomic E-state index is 14.2. The van der Waals surface area contributed by atoms with Crippen molar-refractivity contribution in [2.24, 2.45) is 0 Å². The van der Waals surface area contributed by atoms with Gasteiger partial charge in [-0.15, -0.1) is 0 Å². The summed E-state index contributed by atoms with van der Waals surface area (Å²) < 4.78 is 25.1. The van der Waals surface area contributed by atoms with Gasteiger partial charge in [-0.05, 0) is 65.2 Å². The number of halogens is 1. The number of aromatic amines is 2. The molecule has 2 heterocycles. The number of methoxy groups -OCH3 is 2. The van der Waals surface area contributed by atoms with Gasteiger partial charge in [-0.25, -0.2) is 4.39 Å². The molecule has 5 heteroatoms. The van der Waals surface area contributed by atoms with Gasteiger partial charge in [0.15, 0.2) is 0 Å². The lowest BCUT2D eigenvalue weighted by Gasteiger charge is -2.18. The highest BCUT2D eigenvalue weighted by Gasteiger charge is 2.24. The largest absolute Gasteiger partial charge is 0.497 e. The zero-order chi connectivity index (χ0) is 20.7. The molecule has 3 aromatic carbocycles. The van der Waals surface area contributed by atoms with Gasteiger partial charge in [0.1, 0.15) is 17.3 Å². The van der Waals surface area contributed by atoms with Gasteiger partial charge in [0, 0.05) is 40.1 Å². The van der Waals surface area contributed by atoms with Crippen LogP contribution in [-0.4, -0.2) is 24.2 Å². The van der Waals surface area contributed by atoms with Crippen molar-refractivity contribution in [3.8, 4) is 11.5 Å². The van der Waals surface area contributed by atoms with E-state index in [1.54, 1.807) is 26.4 Å². The third-order valence-corrected chi connectivity index (χ3v) is 5.65. The van der Waals surface area contributed by atoms with Crippen molar-refractivity contribution in [3.63, 3.8) is 0 Å². The van der Waals surface area contributed by atoms with Crippen molar-refractivity contribution in [2.45, 2.75) is 5.92 Å². The SMILES string of the molecule is COc1ccc2[nH]cc(C(c3cccc(F)c3)c3c[nH]c4ccc(OC)cc34)c2c1. The summed E-state index contributed by atoms with van der Waals surface area (Å²) >= 11 is 0. The first kappa shape index (κ1) is 18.3. The molecule has 0 saturated carbocycles. The van der Waals surface area contributed by atoms with Gasteiger partial charge in [-0.3, -0.25) is 0 Å². The molecule has 0 amide bonds. The molecule has 5 aromatic rings. The number of nitrogens with one attached hydrogen (secondary N) is 2. The highest BCUT2D eigenvalue weighted by Crippen LogP contribution is 2.41. The lowest BCUT2D eigenvalue weighted by atomic mass is 9.84. The number of H-pyrrole nitrogens is 2. The molecule has 0 aliphatic heterocycles. The van der Waals surface area contributed by atoms with Crippen molar-refractivity contribution < 1.29 is 13.9 Å². The van der Waals surface area contributed by atoms with E-state index in [1.165, 1.54) is 6.07 Å².